The fraction of sp³-hybridized carbons (Fsp3) is 0.0182. The molecule has 1 aliphatic rings. The summed E-state index contributed by atoms with van der Waals surface area (Å²) in [6.45, 7) is 0. The number of nitrogens with zero attached hydrogens (tertiary/aromatic N) is 1. The number of rotatable bonds is 5. The summed E-state index contributed by atoms with van der Waals surface area (Å²) in [5, 5.41) is 4.80. The highest BCUT2D eigenvalue weighted by Crippen LogP contribution is 2.50. The van der Waals surface area contributed by atoms with Gasteiger partial charge in [-0.05, 0) is 98.1 Å². The van der Waals surface area contributed by atoms with E-state index >= 15 is 0 Å². The van der Waals surface area contributed by atoms with Crippen LogP contribution in [0.5, 0.6) is 0 Å². The summed E-state index contributed by atoms with van der Waals surface area (Å²) in [4.78, 5) is 0. The molecule has 0 radical (unpaired) electrons. The number of hydrogen-bond acceptors (Lipinski definition) is 1. The molecule has 11 aromatic rings. The van der Waals surface area contributed by atoms with Gasteiger partial charge in [-0.2, -0.15) is 0 Å². The Labute approximate surface area is 330 Å². The fourth-order valence-electron chi connectivity index (χ4n) is 9.49. The number of fused-ring (bicyclic) bond motifs is 9. The third kappa shape index (κ3) is 4.97. The molecule has 1 aliphatic carbocycles. The summed E-state index contributed by atoms with van der Waals surface area (Å²) in [6.07, 6.45) is 0. The van der Waals surface area contributed by atoms with E-state index in [1.54, 1.807) is 0 Å². The smallest absolute Gasteiger partial charge is 0.143 e. The minimum atomic E-state index is 0.105. The highest BCUT2D eigenvalue weighted by atomic mass is 16.3. The zero-order valence-corrected chi connectivity index (χ0v) is 31.1. The van der Waals surface area contributed by atoms with E-state index in [0.29, 0.717) is 0 Å². The van der Waals surface area contributed by atoms with Crippen molar-refractivity contribution in [2.75, 3.05) is 0 Å². The molecule has 2 heteroatoms. The lowest BCUT2D eigenvalue weighted by molar-refractivity contribution is 0.670. The van der Waals surface area contributed by atoms with Crippen LogP contribution in [-0.2, 0) is 0 Å². The first kappa shape index (κ1) is 31.9. The Balaban J connectivity index is 0.981. The van der Waals surface area contributed by atoms with Gasteiger partial charge in [0.15, 0.2) is 0 Å². The first-order valence-corrected chi connectivity index (χ1v) is 19.7. The molecule has 57 heavy (non-hydrogen) atoms. The molecule has 0 saturated heterocycles. The van der Waals surface area contributed by atoms with Crippen molar-refractivity contribution in [1.82, 2.24) is 4.57 Å². The van der Waals surface area contributed by atoms with Crippen LogP contribution in [-0.4, -0.2) is 4.57 Å². The summed E-state index contributed by atoms with van der Waals surface area (Å²) in [5.41, 5.74) is 19.1. The maximum Gasteiger partial charge on any atom is 0.143 e. The van der Waals surface area contributed by atoms with Gasteiger partial charge in [-0.25, -0.2) is 0 Å². The normalized spacial score (nSPS) is 13.4. The number of furan rings is 1. The summed E-state index contributed by atoms with van der Waals surface area (Å²) in [5.74, 6) is 0.105. The quantitative estimate of drug-likeness (QED) is 0.173. The van der Waals surface area contributed by atoms with E-state index in [0.717, 1.165) is 38.8 Å². The van der Waals surface area contributed by atoms with Gasteiger partial charge in [-0.15, -0.1) is 0 Å². The van der Waals surface area contributed by atoms with Crippen LogP contribution in [0.2, 0.25) is 0 Å². The van der Waals surface area contributed by atoms with Crippen molar-refractivity contribution in [1.29, 1.82) is 0 Å². The van der Waals surface area contributed by atoms with E-state index in [1.165, 1.54) is 71.9 Å². The Morgan fingerprint density at radius 3 is 1.95 bits per heavy atom. The Bertz CT molecular complexity index is 3360. The van der Waals surface area contributed by atoms with Crippen molar-refractivity contribution in [3.8, 4) is 50.2 Å². The molecule has 0 spiro atoms. The molecule has 1 atom stereocenters. The molecule has 0 amide bonds. The first-order chi connectivity index (χ1) is 28.3. The van der Waals surface area contributed by atoms with Crippen LogP contribution >= 0.6 is 0 Å². The molecule has 0 fully saturated rings. The van der Waals surface area contributed by atoms with Gasteiger partial charge in [0.25, 0.3) is 0 Å². The zero-order valence-electron chi connectivity index (χ0n) is 31.1. The predicted octanol–water partition coefficient (Wildman–Crippen LogP) is 14.8. The minimum Gasteiger partial charge on any atom is -0.455 e. The van der Waals surface area contributed by atoms with Crippen LogP contribution in [0.25, 0.3) is 93.9 Å². The Kier molecular flexibility index (Phi) is 7.02. The maximum absolute atomic E-state index is 6.49. The highest BCUT2D eigenvalue weighted by Gasteiger charge is 2.30. The molecule has 2 aromatic heterocycles. The van der Waals surface area contributed by atoms with E-state index < -0.39 is 0 Å². The number of aromatic nitrogens is 1. The SMILES string of the molecule is c1ccc(-c2cccc(-n3c4ccccc4c4cc(-c5ccc6c(c5)C(c5cccc(-c7cccc8c7oc7ccccc78)c5)c5ccccc5-6)ccc43)c2)cc1. The van der Waals surface area contributed by atoms with Gasteiger partial charge in [0.1, 0.15) is 11.2 Å². The summed E-state index contributed by atoms with van der Waals surface area (Å²) in [7, 11) is 0. The monoisotopic (exact) mass is 725 g/mol. The lowest BCUT2D eigenvalue weighted by Crippen LogP contribution is -2.00. The zero-order chi connectivity index (χ0) is 37.5. The van der Waals surface area contributed by atoms with Crippen molar-refractivity contribution >= 4 is 43.7 Å². The van der Waals surface area contributed by atoms with Crippen LogP contribution in [0.4, 0.5) is 0 Å². The Morgan fingerprint density at radius 2 is 1.00 bits per heavy atom. The second kappa shape index (κ2) is 12.6. The van der Waals surface area contributed by atoms with E-state index in [4.69, 9.17) is 4.42 Å². The number of para-hydroxylation sites is 3. The standard InChI is InChI=1S/C55H35NO/c1-2-13-35(14-3-1)36-15-11-18-41(32-36)56-51-25-8-6-20-45(51)49-33-38(28-30-52(49)56)37-27-29-44-43-19-4-5-22-47(43)54(50(44)34-37)40-17-10-16-39(31-40)42-23-12-24-48-46-21-7-9-26-53(46)57-55(42)48/h1-34,54H. The summed E-state index contributed by atoms with van der Waals surface area (Å²) >= 11 is 0. The van der Waals surface area contributed by atoms with Gasteiger partial charge in [-0.3, -0.25) is 0 Å². The summed E-state index contributed by atoms with van der Waals surface area (Å²) in [6, 6.07) is 75.2. The van der Waals surface area contributed by atoms with Crippen LogP contribution in [0.1, 0.15) is 22.6 Å². The second-order valence-electron chi connectivity index (χ2n) is 15.2. The largest absolute Gasteiger partial charge is 0.455 e. The third-order valence-electron chi connectivity index (χ3n) is 12.1. The molecule has 9 aromatic carbocycles. The van der Waals surface area contributed by atoms with Crippen LogP contribution in [0.15, 0.2) is 211 Å². The lowest BCUT2D eigenvalue weighted by atomic mass is 9.86. The molecule has 0 saturated carbocycles. The van der Waals surface area contributed by atoms with Gasteiger partial charge in [-0.1, -0.05) is 164 Å². The molecular formula is C55H35NO. The molecule has 0 bridgehead atoms. The van der Waals surface area contributed by atoms with E-state index in [2.05, 4.69) is 205 Å². The van der Waals surface area contributed by atoms with Crippen LogP contribution in [0, 0.1) is 0 Å². The van der Waals surface area contributed by atoms with Gasteiger partial charge in [0.05, 0.1) is 11.0 Å². The second-order valence-corrected chi connectivity index (χ2v) is 15.2. The van der Waals surface area contributed by atoms with Crippen molar-refractivity contribution in [3.63, 3.8) is 0 Å². The molecule has 12 rings (SSSR count). The lowest BCUT2D eigenvalue weighted by Gasteiger charge is -2.17. The number of hydrogen-bond donors (Lipinski definition) is 0. The van der Waals surface area contributed by atoms with Gasteiger partial charge in [0, 0.05) is 38.7 Å². The molecule has 266 valence electrons. The van der Waals surface area contributed by atoms with Gasteiger partial charge in [0.2, 0.25) is 0 Å². The van der Waals surface area contributed by atoms with Gasteiger partial charge < -0.3 is 8.98 Å². The molecule has 2 heterocycles. The Hall–Kier alpha value is -7.42. The third-order valence-corrected chi connectivity index (χ3v) is 12.1. The Morgan fingerprint density at radius 1 is 0.351 bits per heavy atom. The molecule has 0 N–H and O–H groups in total. The number of benzene rings is 9. The van der Waals surface area contributed by atoms with Gasteiger partial charge >= 0.3 is 0 Å². The molecular weight excluding hydrogens is 691 g/mol. The van der Waals surface area contributed by atoms with Crippen molar-refractivity contribution in [2.24, 2.45) is 0 Å². The van der Waals surface area contributed by atoms with E-state index in [9.17, 15) is 0 Å². The summed E-state index contributed by atoms with van der Waals surface area (Å²) < 4.78 is 8.90. The first-order valence-electron chi connectivity index (χ1n) is 19.7. The van der Waals surface area contributed by atoms with Crippen molar-refractivity contribution in [3.05, 3.63) is 223 Å². The van der Waals surface area contributed by atoms with Crippen LogP contribution in [0.3, 0.4) is 0 Å². The van der Waals surface area contributed by atoms with Crippen molar-refractivity contribution < 1.29 is 4.42 Å². The van der Waals surface area contributed by atoms with Crippen LogP contribution < -0.4 is 0 Å². The highest BCUT2D eigenvalue weighted by molar-refractivity contribution is 6.11. The van der Waals surface area contributed by atoms with Crippen molar-refractivity contribution in [2.45, 2.75) is 5.92 Å². The topological polar surface area (TPSA) is 18.1 Å². The fourth-order valence-corrected chi connectivity index (χ4v) is 9.49. The molecule has 0 aliphatic heterocycles. The molecule has 1 unspecified atom stereocenters. The maximum atomic E-state index is 6.49. The molecule has 2 nitrogen and oxygen atoms in total. The average molecular weight is 726 g/mol. The average Bonchev–Trinajstić information content (AvgIpc) is 3.94. The van der Waals surface area contributed by atoms with E-state index in [1.807, 2.05) is 6.07 Å². The van der Waals surface area contributed by atoms with E-state index in [-0.39, 0.29) is 5.92 Å². The minimum absolute atomic E-state index is 0.105. The predicted molar refractivity (Wildman–Crippen MR) is 237 cm³/mol.